The van der Waals surface area contributed by atoms with E-state index < -0.39 is 0 Å². The Kier molecular flexibility index (Phi) is 4.63. The van der Waals surface area contributed by atoms with Crippen LogP contribution >= 0.6 is 11.6 Å². The zero-order valence-corrected chi connectivity index (χ0v) is 14.7. The Morgan fingerprint density at radius 3 is 2.48 bits per heavy atom. The summed E-state index contributed by atoms with van der Waals surface area (Å²) in [6, 6.07) is 17.6. The number of rotatable bonds is 4. The van der Waals surface area contributed by atoms with Gasteiger partial charge in [-0.3, -0.25) is 9.78 Å². The van der Waals surface area contributed by atoms with Crippen molar-refractivity contribution >= 4 is 23.2 Å². The smallest absolute Gasteiger partial charge is 0.258 e. The molecule has 4 aromatic rings. The van der Waals surface area contributed by atoms with Crippen molar-refractivity contribution in [3.63, 3.8) is 0 Å². The maximum Gasteiger partial charge on any atom is 0.258 e. The molecule has 0 aliphatic carbocycles. The van der Waals surface area contributed by atoms with Gasteiger partial charge in [-0.15, -0.1) is 0 Å². The van der Waals surface area contributed by atoms with Gasteiger partial charge in [0.15, 0.2) is 0 Å². The summed E-state index contributed by atoms with van der Waals surface area (Å²) in [7, 11) is 0. The number of hydrogen-bond donors (Lipinski definition) is 1. The number of aromatic nitrogens is 3. The SMILES string of the molecule is O=C(Nc1ccc(-c2noc(-c3ccncc3)n2)cc1)c1cccc(Cl)c1. The van der Waals surface area contributed by atoms with Crippen molar-refractivity contribution in [2.75, 3.05) is 5.32 Å². The van der Waals surface area contributed by atoms with Gasteiger partial charge in [0.05, 0.1) is 0 Å². The molecule has 0 aliphatic heterocycles. The molecule has 1 amide bonds. The van der Waals surface area contributed by atoms with Crippen LogP contribution < -0.4 is 5.32 Å². The van der Waals surface area contributed by atoms with Crippen LogP contribution in [0.25, 0.3) is 22.8 Å². The van der Waals surface area contributed by atoms with Crippen molar-refractivity contribution in [3.8, 4) is 22.8 Å². The topological polar surface area (TPSA) is 80.9 Å². The molecule has 0 bridgehead atoms. The Bertz CT molecular complexity index is 1080. The molecule has 132 valence electrons. The van der Waals surface area contributed by atoms with Gasteiger partial charge < -0.3 is 9.84 Å². The molecule has 7 heteroatoms. The molecular formula is C20H13ClN4O2. The third-order valence-corrected chi connectivity index (χ3v) is 4.08. The van der Waals surface area contributed by atoms with Crippen molar-refractivity contribution < 1.29 is 9.32 Å². The Morgan fingerprint density at radius 1 is 0.963 bits per heavy atom. The summed E-state index contributed by atoms with van der Waals surface area (Å²) in [5.74, 6) is 0.657. The molecule has 0 atom stereocenters. The summed E-state index contributed by atoms with van der Waals surface area (Å²) in [5, 5.41) is 7.34. The molecule has 0 unspecified atom stereocenters. The molecule has 0 saturated carbocycles. The van der Waals surface area contributed by atoms with E-state index in [1.54, 1.807) is 60.9 Å². The molecule has 1 N–H and O–H groups in total. The van der Waals surface area contributed by atoms with Crippen LogP contribution in [0.15, 0.2) is 77.6 Å². The van der Waals surface area contributed by atoms with Gasteiger partial charge in [0.2, 0.25) is 5.82 Å². The van der Waals surface area contributed by atoms with Crippen molar-refractivity contribution in [2.24, 2.45) is 0 Å². The third kappa shape index (κ3) is 3.86. The summed E-state index contributed by atoms with van der Waals surface area (Å²) < 4.78 is 5.30. The Balaban J connectivity index is 1.49. The fourth-order valence-corrected chi connectivity index (χ4v) is 2.68. The molecule has 0 fully saturated rings. The van der Waals surface area contributed by atoms with Crippen LogP contribution in [-0.4, -0.2) is 21.0 Å². The summed E-state index contributed by atoms with van der Waals surface area (Å²) >= 11 is 5.92. The van der Waals surface area contributed by atoms with Crippen molar-refractivity contribution in [2.45, 2.75) is 0 Å². The first kappa shape index (κ1) is 16.9. The second-order valence-electron chi connectivity index (χ2n) is 5.70. The van der Waals surface area contributed by atoms with Crippen LogP contribution in [0.3, 0.4) is 0 Å². The largest absolute Gasteiger partial charge is 0.334 e. The van der Waals surface area contributed by atoms with Crippen LogP contribution in [0.1, 0.15) is 10.4 Å². The highest BCUT2D eigenvalue weighted by molar-refractivity contribution is 6.31. The summed E-state index contributed by atoms with van der Waals surface area (Å²) in [4.78, 5) is 20.6. The lowest BCUT2D eigenvalue weighted by Gasteiger charge is -2.06. The Labute approximate surface area is 159 Å². The highest BCUT2D eigenvalue weighted by Gasteiger charge is 2.11. The van der Waals surface area contributed by atoms with E-state index in [4.69, 9.17) is 16.1 Å². The van der Waals surface area contributed by atoms with Crippen LogP contribution in [0.4, 0.5) is 5.69 Å². The number of nitrogens with zero attached hydrogens (tertiary/aromatic N) is 3. The first-order valence-electron chi connectivity index (χ1n) is 8.10. The minimum Gasteiger partial charge on any atom is -0.334 e. The molecule has 0 aliphatic rings. The normalized spacial score (nSPS) is 10.6. The van der Waals surface area contributed by atoms with E-state index in [0.717, 1.165) is 11.1 Å². The number of carbonyl (C=O) groups is 1. The third-order valence-electron chi connectivity index (χ3n) is 3.84. The molecule has 0 radical (unpaired) electrons. The maximum atomic E-state index is 12.3. The van der Waals surface area contributed by atoms with Gasteiger partial charge in [-0.25, -0.2) is 0 Å². The van der Waals surface area contributed by atoms with Gasteiger partial charge in [0.1, 0.15) is 0 Å². The molecule has 27 heavy (non-hydrogen) atoms. The average Bonchev–Trinajstić information content (AvgIpc) is 3.19. The number of amides is 1. The van der Waals surface area contributed by atoms with E-state index in [9.17, 15) is 4.79 Å². The van der Waals surface area contributed by atoms with E-state index in [2.05, 4.69) is 20.4 Å². The van der Waals surface area contributed by atoms with E-state index in [0.29, 0.717) is 28.0 Å². The average molecular weight is 377 g/mol. The Hall–Kier alpha value is -3.51. The lowest BCUT2D eigenvalue weighted by molar-refractivity contribution is 0.102. The summed E-state index contributed by atoms with van der Waals surface area (Å²) in [6.45, 7) is 0. The van der Waals surface area contributed by atoms with E-state index in [-0.39, 0.29) is 5.91 Å². The number of pyridine rings is 1. The van der Waals surface area contributed by atoms with Gasteiger partial charge in [-0.05, 0) is 54.6 Å². The molecule has 2 heterocycles. The summed E-state index contributed by atoms with van der Waals surface area (Å²) in [6.07, 6.45) is 3.33. The van der Waals surface area contributed by atoms with Crippen molar-refractivity contribution in [1.82, 2.24) is 15.1 Å². The van der Waals surface area contributed by atoms with Gasteiger partial charge in [0, 0.05) is 39.8 Å². The number of anilines is 1. The standard InChI is InChI=1S/C20H13ClN4O2/c21-16-3-1-2-15(12-16)19(26)23-17-6-4-13(5-7-17)18-24-20(27-25-18)14-8-10-22-11-9-14/h1-12H,(H,23,26). The minimum atomic E-state index is -0.232. The minimum absolute atomic E-state index is 0.232. The van der Waals surface area contributed by atoms with Crippen LogP contribution in [0.2, 0.25) is 5.02 Å². The highest BCUT2D eigenvalue weighted by atomic mass is 35.5. The second-order valence-corrected chi connectivity index (χ2v) is 6.14. The first-order valence-corrected chi connectivity index (χ1v) is 8.48. The van der Waals surface area contributed by atoms with Crippen LogP contribution in [0.5, 0.6) is 0 Å². The number of benzene rings is 2. The molecule has 0 spiro atoms. The molecule has 2 aromatic heterocycles. The zero-order chi connectivity index (χ0) is 18.6. The quantitative estimate of drug-likeness (QED) is 0.558. The Morgan fingerprint density at radius 2 is 1.74 bits per heavy atom. The molecule has 6 nitrogen and oxygen atoms in total. The maximum absolute atomic E-state index is 12.3. The van der Waals surface area contributed by atoms with E-state index >= 15 is 0 Å². The van der Waals surface area contributed by atoms with Crippen LogP contribution in [0, 0.1) is 0 Å². The highest BCUT2D eigenvalue weighted by Crippen LogP contribution is 2.23. The summed E-state index contributed by atoms with van der Waals surface area (Å²) in [5.41, 5.74) is 2.72. The van der Waals surface area contributed by atoms with Gasteiger partial charge in [0.25, 0.3) is 11.8 Å². The number of nitrogens with one attached hydrogen (secondary N) is 1. The number of carbonyl (C=O) groups excluding carboxylic acids is 1. The molecule has 2 aromatic carbocycles. The van der Waals surface area contributed by atoms with Gasteiger partial charge >= 0.3 is 0 Å². The lowest BCUT2D eigenvalue weighted by atomic mass is 10.1. The predicted octanol–water partition coefficient (Wildman–Crippen LogP) is 4.70. The first-order chi connectivity index (χ1) is 13.2. The monoisotopic (exact) mass is 376 g/mol. The number of hydrogen-bond acceptors (Lipinski definition) is 5. The fraction of sp³-hybridized carbons (Fsp3) is 0. The van der Waals surface area contributed by atoms with Crippen LogP contribution in [-0.2, 0) is 0 Å². The van der Waals surface area contributed by atoms with Gasteiger partial charge in [-0.1, -0.05) is 22.8 Å². The van der Waals surface area contributed by atoms with Crippen molar-refractivity contribution in [3.05, 3.63) is 83.6 Å². The molecule has 4 rings (SSSR count). The van der Waals surface area contributed by atoms with E-state index in [1.807, 2.05) is 12.1 Å². The van der Waals surface area contributed by atoms with E-state index in [1.165, 1.54) is 0 Å². The predicted molar refractivity (Wildman–Crippen MR) is 102 cm³/mol. The van der Waals surface area contributed by atoms with Crippen molar-refractivity contribution in [1.29, 1.82) is 0 Å². The second kappa shape index (κ2) is 7.39. The van der Waals surface area contributed by atoms with Gasteiger partial charge in [-0.2, -0.15) is 4.98 Å². The molecule has 0 saturated heterocycles. The lowest BCUT2D eigenvalue weighted by Crippen LogP contribution is -2.11. The molecular weight excluding hydrogens is 364 g/mol. The number of halogens is 1. The zero-order valence-electron chi connectivity index (χ0n) is 14.0. The fourth-order valence-electron chi connectivity index (χ4n) is 2.49.